The molecule has 0 saturated carbocycles. The Kier molecular flexibility index (Phi) is 4.64. The Hall–Kier alpha value is -2.25. The average Bonchev–Trinajstić information content (AvgIpc) is 2.96. The van der Waals surface area contributed by atoms with Crippen LogP contribution in [-0.2, 0) is 22.3 Å². The van der Waals surface area contributed by atoms with Crippen LogP contribution in [0.15, 0.2) is 53.3 Å². The van der Waals surface area contributed by atoms with E-state index < -0.39 is 10.0 Å². The first-order valence-corrected chi connectivity index (χ1v) is 9.30. The van der Waals surface area contributed by atoms with Gasteiger partial charge in [-0.05, 0) is 37.6 Å². The third kappa shape index (κ3) is 3.47. The number of benzene rings is 1. The van der Waals surface area contributed by atoms with Gasteiger partial charge in [0, 0.05) is 30.4 Å². The normalized spacial score (nSPS) is 12.3. The van der Waals surface area contributed by atoms with Gasteiger partial charge in [0.2, 0.25) is 10.0 Å². The molecule has 0 spiro atoms. The molecule has 3 aromatic rings. The smallest absolute Gasteiger partial charge is 0.220 e. The van der Waals surface area contributed by atoms with E-state index in [9.17, 15) is 8.42 Å². The molecule has 0 fully saturated rings. The summed E-state index contributed by atoms with van der Waals surface area (Å²) in [6, 6.07) is 10.7. The molecule has 0 aliphatic carbocycles. The van der Waals surface area contributed by atoms with E-state index in [1.165, 1.54) is 4.31 Å². The van der Waals surface area contributed by atoms with E-state index in [0.717, 1.165) is 10.9 Å². The van der Waals surface area contributed by atoms with E-state index in [4.69, 9.17) is 4.52 Å². The van der Waals surface area contributed by atoms with Crippen LogP contribution < -0.4 is 0 Å². The molecule has 6 nitrogen and oxygen atoms in total. The molecule has 0 unspecified atom stereocenters. The fourth-order valence-corrected chi connectivity index (χ4v) is 4.28. The molecule has 0 N–H and O–H groups in total. The Labute approximate surface area is 141 Å². The number of fused-ring (bicyclic) bond motifs is 1. The summed E-state index contributed by atoms with van der Waals surface area (Å²) in [4.78, 5) is 4.05. The summed E-state index contributed by atoms with van der Waals surface area (Å²) >= 11 is 0. The van der Waals surface area contributed by atoms with E-state index in [1.54, 1.807) is 24.5 Å². The van der Waals surface area contributed by atoms with Crippen molar-refractivity contribution in [2.24, 2.45) is 0 Å². The summed E-state index contributed by atoms with van der Waals surface area (Å²) in [7, 11) is -3.55. The number of hydrogen-bond acceptors (Lipinski definition) is 5. The van der Waals surface area contributed by atoms with Crippen molar-refractivity contribution < 1.29 is 12.9 Å². The summed E-state index contributed by atoms with van der Waals surface area (Å²) in [6.07, 6.45) is 3.34. The lowest BCUT2D eigenvalue weighted by molar-refractivity contribution is 0.346. The quantitative estimate of drug-likeness (QED) is 0.686. The van der Waals surface area contributed by atoms with E-state index >= 15 is 0 Å². The van der Waals surface area contributed by atoms with Gasteiger partial charge in [0.05, 0.1) is 0 Å². The fraction of sp³-hybridized carbons (Fsp3) is 0.294. The van der Waals surface area contributed by atoms with Crippen LogP contribution in [0.4, 0.5) is 0 Å². The van der Waals surface area contributed by atoms with Crippen LogP contribution >= 0.6 is 0 Å². The third-order valence-electron chi connectivity index (χ3n) is 3.77. The monoisotopic (exact) mass is 345 g/mol. The zero-order valence-corrected chi connectivity index (χ0v) is 14.4. The highest BCUT2D eigenvalue weighted by molar-refractivity contribution is 7.88. The van der Waals surface area contributed by atoms with Crippen molar-refractivity contribution in [3.05, 3.63) is 60.0 Å². The molecule has 0 amide bonds. The molecule has 2 heterocycles. The molecule has 3 rings (SSSR count). The van der Waals surface area contributed by atoms with E-state index in [2.05, 4.69) is 10.1 Å². The highest BCUT2D eigenvalue weighted by Crippen LogP contribution is 2.23. The Morgan fingerprint density at radius 3 is 2.67 bits per heavy atom. The van der Waals surface area contributed by atoms with Crippen LogP contribution in [0.25, 0.3) is 11.0 Å². The van der Waals surface area contributed by atoms with E-state index in [1.807, 2.05) is 38.1 Å². The predicted octanol–water partition coefficient (Wildman–Crippen LogP) is 2.96. The van der Waals surface area contributed by atoms with Gasteiger partial charge in [0.25, 0.3) is 0 Å². The summed E-state index contributed by atoms with van der Waals surface area (Å²) in [6.45, 7) is 3.99. The Balaban J connectivity index is 1.89. The Morgan fingerprint density at radius 2 is 1.96 bits per heavy atom. The minimum Gasteiger partial charge on any atom is -0.356 e. The second-order valence-electron chi connectivity index (χ2n) is 5.88. The standard InChI is InChI=1S/C17H19N3O3S/c1-13(2)20(11-14-6-5-9-18-10-14)24(21,22)12-16-15-7-3-4-8-17(15)23-19-16/h3-10,13H,11-12H2,1-2H3. The van der Waals surface area contributed by atoms with Crippen LogP contribution in [0.2, 0.25) is 0 Å². The highest BCUT2D eigenvalue weighted by Gasteiger charge is 2.27. The fourth-order valence-electron chi connectivity index (χ4n) is 2.57. The number of rotatable bonds is 6. The van der Waals surface area contributed by atoms with Crippen molar-refractivity contribution in [2.75, 3.05) is 0 Å². The van der Waals surface area contributed by atoms with Gasteiger partial charge in [-0.1, -0.05) is 23.4 Å². The molecule has 24 heavy (non-hydrogen) atoms. The second-order valence-corrected chi connectivity index (χ2v) is 7.80. The predicted molar refractivity (Wildman–Crippen MR) is 91.5 cm³/mol. The summed E-state index contributed by atoms with van der Waals surface area (Å²) in [5.41, 5.74) is 1.87. The van der Waals surface area contributed by atoms with Gasteiger partial charge < -0.3 is 4.52 Å². The molecular weight excluding hydrogens is 326 g/mol. The van der Waals surface area contributed by atoms with Crippen LogP contribution in [0.5, 0.6) is 0 Å². The van der Waals surface area contributed by atoms with Crippen LogP contribution in [0.3, 0.4) is 0 Å². The van der Waals surface area contributed by atoms with Crippen molar-refractivity contribution in [1.82, 2.24) is 14.4 Å². The molecule has 0 radical (unpaired) electrons. The second kappa shape index (κ2) is 6.70. The Morgan fingerprint density at radius 1 is 1.17 bits per heavy atom. The lowest BCUT2D eigenvalue weighted by Crippen LogP contribution is -2.37. The van der Waals surface area contributed by atoms with Gasteiger partial charge >= 0.3 is 0 Å². The maximum Gasteiger partial charge on any atom is 0.220 e. The minimum atomic E-state index is -3.55. The van der Waals surface area contributed by atoms with Gasteiger partial charge in [-0.25, -0.2) is 8.42 Å². The highest BCUT2D eigenvalue weighted by atomic mass is 32.2. The van der Waals surface area contributed by atoms with Crippen molar-refractivity contribution >= 4 is 21.0 Å². The molecule has 0 aliphatic rings. The average molecular weight is 345 g/mol. The third-order valence-corrected chi connectivity index (χ3v) is 5.67. The minimum absolute atomic E-state index is 0.173. The van der Waals surface area contributed by atoms with E-state index in [0.29, 0.717) is 11.3 Å². The first kappa shape index (κ1) is 16.6. The summed E-state index contributed by atoms with van der Waals surface area (Å²) < 4.78 is 32.5. The van der Waals surface area contributed by atoms with Crippen LogP contribution in [-0.4, -0.2) is 28.9 Å². The van der Waals surface area contributed by atoms with Gasteiger partial charge in [-0.3, -0.25) is 4.98 Å². The zero-order valence-electron chi connectivity index (χ0n) is 13.6. The topological polar surface area (TPSA) is 76.3 Å². The lowest BCUT2D eigenvalue weighted by Gasteiger charge is -2.25. The first-order chi connectivity index (χ1) is 11.5. The van der Waals surface area contributed by atoms with Crippen molar-refractivity contribution in [3.63, 3.8) is 0 Å². The number of hydrogen-bond donors (Lipinski definition) is 0. The van der Waals surface area contributed by atoms with Crippen molar-refractivity contribution in [2.45, 2.75) is 32.2 Å². The molecule has 0 saturated heterocycles. The maximum absolute atomic E-state index is 12.9. The SMILES string of the molecule is CC(C)N(Cc1cccnc1)S(=O)(=O)Cc1noc2ccccc12. The van der Waals surface area contributed by atoms with Crippen LogP contribution in [0, 0.1) is 0 Å². The first-order valence-electron chi connectivity index (χ1n) is 7.69. The molecule has 0 aliphatic heterocycles. The molecule has 7 heteroatoms. The Bertz CT molecular complexity index is 920. The maximum atomic E-state index is 12.9. The number of nitrogens with zero attached hydrogens (tertiary/aromatic N) is 3. The zero-order chi connectivity index (χ0) is 17.2. The number of pyridine rings is 1. The summed E-state index contributed by atoms with van der Waals surface area (Å²) in [5, 5.41) is 4.66. The van der Waals surface area contributed by atoms with Gasteiger partial charge in [0.1, 0.15) is 11.4 Å². The largest absolute Gasteiger partial charge is 0.356 e. The molecule has 126 valence electrons. The van der Waals surface area contributed by atoms with Crippen molar-refractivity contribution in [1.29, 1.82) is 0 Å². The van der Waals surface area contributed by atoms with E-state index in [-0.39, 0.29) is 18.3 Å². The molecule has 0 bridgehead atoms. The van der Waals surface area contributed by atoms with Gasteiger partial charge in [-0.2, -0.15) is 4.31 Å². The van der Waals surface area contributed by atoms with Gasteiger partial charge in [-0.15, -0.1) is 0 Å². The number of aromatic nitrogens is 2. The molecule has 1 aromatic carbocycles. The summed E-state index contributed by atoms with van der Waals surface area (Å²) in [5.74, 6) is -0.192. The van der Waals surface area contributed by atoms with Crippen molar-refractivity contribution in [3.8, 4) is 0 Å². The lowest BCUT2D eigenvalue weighted by atomic mass is 10.2. The molecule has 2 aromatic heterocycles. The van der Waals surface area contributed by atoms with Crippen LogP contribution in [0.1, 0.15) is 25.1 Å². The van der Waals surface area contributed by atoms with Gasteiger partial charge in [0.15, 0.2) is 5.58 Å². The molecular formula is C17H19N3O3S. The molecule has 0 atom stereocenters. The number of para-hydroxylation sites is 1. The number of sulfonamides is 1.